The summed E-state index contributed by atoms with van der Waals surface area (Å²) in [6.45, 7) is 0. The van der Waals surface area contributed by atoms with Crippen LogP contribution >= 0.6 is 46.1 Å². The van der Waals surface area contributed by atoms with Crippen LogP contribution in [-0.2, 0) is 0 Å². The van der Waals surface area contributed by atoms with E-state index < -0.39 is 5.82 Å². The molecule has 0 N–H and O–H groups in total. The van der Waals surface area contributed by atoms with E-state index in [0.717, 1.165) is 17.4 Å². The highest BCUT2D eigenvalue weighted by atomic mass is 35.5. The largest absolute Gasteiger partial charge is 0.288 e. The maximum absolute atomic E-state index is 12.9. The molecule has 0 aliphatic carbocycles. The van der Waals surface area contributed by atoms with Crippen molar-refractivity contribution in [2.75, 3.05) is 0 Å². The van der Waals surface area contributed by atoms with E-state index in [-0.39, 0.29) is 21.9 Å². The normalized spacial score (nSPS) is 10.6. The van der Waals surface area contributed by atoms with Gasteiger partial charge in [-0.3, -0.25) is 4.79 Å². The van der Waals surface area contributed by atoms with Gasteiger partial charge < -0.3 is 0 Å². The number of carbonyl (C=O) groups is 1. The number of hydrogen-bond acceptors (Lipinski definition) is 2. The third-order valence-electron chi connectivity index (χ3n) is 2.08. The molecule has 1 nitrogen and oxygen atoms in total. The van der Waals surface area contributed by atoms with E-state index >= 15 is 0 Å². The van der Waals surface area contributed by atoms with Crippen LogP contribution in [-0.4, -0.2) is 5.78 Å². The summed E-state index contributed by atoms with van der Waals surface area (Å²) in [5.41, 5.74) is 0.472. The van der Waals surface area contributed by atoms with Gasteiger partial charge in [0.1, 0.15) is 10.2 Å². The highest BCUT2D eigenvalue weighted by Crippen LogP contribution is 2.33. The molecule has 0 bridgehead atoms. The molecule has 0 aliphatic heterocycles. The Labute approximate surface area is 116 Å². The first-order valence-electron chi connectivity index (χ1n) is 4.43. The van der Waals surface area contributed by atoms with Gasteiger partial charge in [-0.15, -0.1) is 11.3 Å². The second-order valence-electron chi connectivity index (χ2n) is 3.19. The Balaban J connectivity index is 2.47. The van der Waals surface area contributed by atoms with Crippen molar-refractivity contribution in [3.8, 4) is 0 Å². The molecule has 1 heterocycles. The number of ketones is 1. The van der Waals surface area contributed by atoms with Crippen molar-refractivity contribution in [2.24, 2.45) is 0 Å². The predicted octanol–water partition coefficient (Wildman–Crippen LogP) is 5.08. The molecule has 17 heavy (non-hydrogen) atoms. The zero-order valence-corrected chi connectivity index (χ0v) is 11.2. The summed E-state index contributed by atoms with van der Waals surface area (Å²) in [6, 6.07) is 5.04. The summed E-state index contributed by atoms with van der Waals surface area (Å²) in [6.07, 6.45) is 0. The van der Waals surface area contributed by atoms with Crippen molar-refractivity contribution >= 4 is 51.9 Å². The topological polar surface area (TPSA) is 17.1 Å². The molecule has 0 unspecified atom stereocenters. The SMILES string of the molecule is O=C(c1ccc(F)cc1Cl)c1cc(Cl)sc1Cl. The van der Waals surface area contributed by atoms with E-state index in [1.165, 1.54) is 18.2 Å². The Morgan fingerprint density at radius 1 is 1.12 bits per heavy atom. The predicted molar refractivity (Wildman–Crippen MR) is 69.2 cm³/mol. The van der Waals surface area contributed by atoms with Gasteiger partial charge >= 0.3 is 0 Å². The van der Waals surface area contributed by atoms with Gasteiger partial charge in [0.25, 0.3) is 0 Å². The second kappa shape index (κ2) is 4.94. The van der Waals surface area contributed by atoms with Crippen LogP contribution < -0.4 is 0 Å². The lowest BCUT2D eigenvalue weighted by Gasteiger charge is -2.02. The standard InChI is InChI=1S/C11H4Cl3FOS/c12-8-3-5(15)1-2-6(8)10(16)7-4-9(13)17-11(7)14/h1-4H. The molecular formula is C11H4Cl3FOS. The fraction of sp³-hybridized carbons (Fsp3) is 0. The number of benzene rings is 1. The smallest absolute Gasteiger partial charge is 0.196 e. The summed E-state index contributed by atoms with van der Waals surface area (Å²) in [7, 11) is 0. The van der Waals surface area contributed by atoms with Crippen LogP contribution in [0.4, 0.5) is 4.39 Å². The van der Waals surface area contributed by atoms with Crippen LogP contribution in [0.25, 0.3) is 0 Å². The lowest BCUT2D eigenvalue weighted by Crippen LogP contribution is -2.01. The number of halogens is 4. The maximum Gasteiger partial charge on any atom is 0.196 e. The van der Waals surface area contributed by atoms with E-state index in [1.807, 2.05) is 0 Å². The second-order valence-corrected chi connectivity index (χ2v) is 5.88. The van der Waals surface area contributed by atoms with Gasteiger partial charge in [-0.2, -0.15) is 0 Å². The molecule has 2 aromatic rings. The van der Waals surface area contributed by atoms with Gasteiger partial charge in [0, 0.05) is 5.56 Å². The quantitative estimate of drug-likeness (QED) is 0.707. The fourth-order valence-corrected chi connectivity index (χ4v) is 3.03. The van der Waals surface area contributed by atoms with Crippen molar-refractivity contribution in [1.29, 1.82) is 0 Å². The zero-order chi connectivity index (χ0) is 12.6. The Bertz CT molecular complexity index is 594. The van der Waals surface area contributed by atoms with E-state index in [1.54, 1.807) is 0 Å². The lowest BCUT2D eigenvalue weighted by atomic mass is 10.1. The van der Waals surface area contributed by atoms with Crippen LogP contribution in [0.3, 0.4) is 0 Å². The summed E-state index contributed by atoms with van der Waals surface area (Å²) in [4.78, 5) is 12.1. The Morgan fingerprint density at radius 3 is 2.35 bits per heavy atom. The molecule has 0 saturated carbocycles. The van der Waals surface area contributed by atoms with Crippen LogP contribution in [0.15, 0.2) is 24.3 Å². The molecule has 2 rings (SSSR count). The minimum absolute atomic E-state index is 0.0494. The van der Waals surface area contributed by atoms with Crippen LogP contribution in [0.5, 0.6) is 0 Å². The summed E-state index contributed by atoms with van der Waals surface area (Å²) >= 11 is 18.5. The average Bonchev–Trinajstić information content (AvgIpc) is 2.57. The van der Waals surface area contributed by atoms with Crippen LogP contribution in [0.1, 0.15) is 15.9 Å². The molecule has 1 aromatic carbocycles. The van der Waals surface area contributed by atoms with Crippen molar-refractivity contribution in [3.63, 3.8) is 0 Å². The summed E-state index contributed by atoms with van der Waals surface area (Å²) < 4.78 is 13.6. The third kappa shape index (κ3) is 2.63. The fourth-order valence-electron chi connectivity index (χ4n) is 1.31. The number of hydrogen-bond donors (Lipinski definition) is 0. The molecule has 0 radical (unpaired) electrons. The molecule has 0 aliphatic rings. The van der Waals surface area contributed by atoms with E-state index in [9.17, 15) is 9.18 Å². The van der Waals surface area contributed by atoms with Gasteiger partial charge in [-0.05, 0) is 24.3 Å². The first kappa shape index (κ1) is 12.8. The Kier molecular flexibility index (Phi) is 3.73. The molecule has 88 valence electrons. The monoisotopic (exact) mass is 308 g/mol. The molecular weight excluding hydrogens is 306 g/mol. The van der Waals surface area contributed by atoms with Crippen molar-refractivity contribution < 1.29 is 9.18 Å². The Hall–Kier alpha value is -0.610. The number of rotatable bonds is 2. The lowest BCUT2D eigenvalue weighted by molar-refractivity contribution is 0.103. The molecule has 0 fully saturated rings. The van der Waals surface area contributed by atoms with E-state index in [4.69, 9.17) is 34.8 Å². The van der Waals surface area contributed by atoms with Crippen LogP contribution in [0.2, 0.25) is 13.7 Å². The summed E-state index contributed by atoms with van der Waals surface area (Å²) in [5.74, 6) is -0.871. The average molecular weight is 310 g/mol. The zero-order valence-electron chi connectivity index (χ0n) is 8.14. The maximum atomic E-state index is 12.9. The van der Waals surface area contributed by atoms with E-state index in [0.29, 0.717) is 8.67 Å². The third-order valence-corrected chi connectivity index (χ3v) is 3.88. The van der Waals surface area contributed by atoms with Gasteiger partial charge in [0.05, 0.1) is 14.9 Å². The molecule has 1 aromatic heterocycles. The molecule has 0 spiro atoms. The molecule has 0 amide bonds. The van der Waals surface area contributed by atoms with Gasteiger partial charge in [-0.25, -0.2) is 4.39 Å². The van der Waals surface area contributed by atoms with Gasteiger partial charge in [-0.1, -0.05) is 34.8 Å². The molecule has 0 saturated heterocycles. The number of carbonyl (C=O) groups excluding carboxylic acids is 1. The van der Waals surface area contributed by atoms with Crippen LogP contribution in [0, 0.1) is 5.82 Å². The number of thiophene rings is 1. The Morgan fingerprint density at radius 2 is 1.82 bits per heavy atom. The van der Waals surface area contributed by atoms with Crippen molar-refractivity contribution in [1.82, 2.24) is 0 Å². The van der Waals surface area contributed by atoms with Crippen molar-refractivity contribution in [3.05, 3.63) is 54.9 Å². The minimum atomic E-state index is -0.499. The molecule has 0 atom stereocenters. The molecule has 6 heteroatoms. The van der Waals surface area contributed by atoms with Crippen molar-refractivity contribution in [2.45, 2.75) is 0 Å². The summed E-state index contributed by atoms with van der Waals surface area (Å²) in [5, 5.41) is 0.0494. The van der Waals surface area contributed by atoms with Gasteiger partial charge in [0.15, 0.2) is 5.78 Å². The first-order chi connectivity index (χ1) is 7.99. The first-order valence-corrected chi connectivity index (χ1v) is 6.38. The minimum Gasteiger partial charge on any atom is -0.288 e. The highest BCUT2D eigenvalue weighted by Gasteiger charge is 2.18. The van der Waals surface area contributed by atoms with Gasteiger partial charge in [0.2, 0.25) is 0 Å². The van der Waals surface area contributed by atoms with E-state index in [2.05, 4.69) is 0 Å². The highest BCUT2D eigenvalue weighted by molar-refractivity contribution is 7.20.